The van der Waals surface area contributed by atoms with Crippen LogP contribution in [0.5, 0.6) is 0 Å². The monoisotopic (exact) mass is 298 g/mol. The van der Waals surface area contributed by atoms with Crippen molar-refractivity contribution >= 4 is 22.6 Å². The Bertz CT molecular complexity index is 757. The molecule has 108 valence electrons. The Labute approximate surface area is 130 Å². The molecule has 3 rings (SSSR count). The molecule has 0 bridgehead atoms. The fourth-order valence-electron chi connectivity index (χ4n) is 2.66. The van der Waals surface area contributed by atoms with Gasteiger partial charge in [-0.3, -0.25) is 0 Å². The van der Waals surface area contributed by atoms with E-state index in [1.54, 1.807) is 0 Å². The fourth-order valence-corrected chi connectivity index (χ4v) is 2.87. The van der Waals surface area contributed by atoms with Crippen LogP contribution in [0.4, 0.5) is 0 Å². The van der Waals surface area contributed by atoms with Crippen molar-refractivity contribution in [3.8, 4) is 0 Å². The molecule has 0 atom stereocenters. The lowest BCUT2D eigenvalue weighted by molar-refractivity contribution is 0.664. The van der Waals surface area contributed by atoms with Gasteiger partial charge in [-0.1, -0.05) is 54.4 Å². The SMILES string of the molecule is CCCn1c(Cc2ccc(C)cc2)nc2c(Cl)cccc21. The first-order chi connectivity index (χ1) is 10.2. The molecule has 1 aromatic heterocycles. The van der Waals surface area contributed by atoms with Crippen LogP contribution in [0.1, 0.15) is 30.3 Å². The van der Waals surface area contributed by atoms with Crippen LogP contribution in [0, 0.1) is 6.92 Å². The molecule has 1 heterocycles. The number of aryl methyl sites for hydroxylation is 2. The molecule has 2 nitrogen and oxygen atoms in total. The van der Waals surface area contributed by atoms with E-state index < -0.39 is 0 Å². The Morgan fingerprint density at radius 1 is 1.10 bits per heavy atom. The number of hydrogen-bond donors (Lipinski definition) is 0. The zero-order valence-corrected chi connectivity index (χ0v) is 13.2. The zero-order chi connectivity index (χ0) is 14.8. The highest BCUT2D eigenvalue weighted by atomic mass is 35.5. The van der Waals surface area contributed by atoms with Gasteiger partial charge < -0.3 is 4.57 Å². The molecule has 2 aromatic carbocycles. The molecule has 0 saturated heterocycles. The summed E-state index contributed by atoms with van der Waals surface area (Å²) in [6.45, 7) is 5.26. The molecule has 0 aliphatic heterocycles. The first-order valence-corrected chi connectivity index (χ1v) is 7.76. The summed E-state index contributed by atoms with van der Waals surface area (Å²) in [5, 5.41) is 0.729. The van der Waals surface area contributed by atoms with E-state index in [4.69, 9.17) is 16.6 Å². The summed E-state index contributed by atoms with van der Waals surface area (Å²) < 4.78 is 2.29. The molecule has 0 spiro atoms. The van der Waals surface area contributed by atoms with E-state index in [1.165, 1.54) is 11.1 Å². The molecular formula is C18H19ClN2. The van der Waals surface area contributed by atoms with Gasteiger partial charge in [0.15, 0.2) is 0 Å². The molecule has 0 amide bonds. The van der Waals surface area contributed by atoms with Gasteiger partial charge in [-0.05, 0) is 31.0 Å². The van der Waals surface area contributed by atoms with Gasteiger partial charge in [-0.2, -0.15) is 0 Å². The molecule has 0 radical (unpaired) electrons. The average Bonchev–Trinajstić information content (AvgIpc) is 2.82. The van der Waals surface area contributed by atoms with Crippen molar-refractivity contribution in [2.45, 2.75) is 33.2 Å². The van der Waals surface area contributed by atoms with Crippen LogP contribution < -0.4 is 0 Å². The van der Waals surface area contributed by atoms with E-state index >= 15 is 0 Å². The second-order valence-corrected chi connectivity index (χ2v) is 5.86. The van der Waals surface area contributed by atoms with Crippen molar-refractivity contribution in [3.05, 3.63) is 64.4 Å². The Hall–Kier alpha value is -1.80. The third-order valence-corrected chi connectivity index (χ3v) is 4.04. The standard InChI is InChI=1S/C18H19ClN2/c1-3-11-21-16-6-4-5-15(19)18(16)20-17(21)12-14-9-7-13(2)8-10-14/h4-10H,3,11-12H2,1-2H3. The van der Waals surface area contributed by atoms with E-state index in [2.05, 4.69) is 48.7 Å². The van der Waals surface area contributed by atoms with Crippen LogP contribution in [-0.2, 0) is 13.0 Å². The topological polar surface area (TPSA) is 17.8 Å². The number of benzene rings is 2. The molecule has 3 heteroatoms. The number of nitrogens with zero attached hydrogens (tertiary/aromatic N) is 2. The number of para-hydroxylation sites is 1. The predicted molar refractivity (Wildman–Crippen MR) is 89.0 cm³/mol. The van der Waals surface area contributed by atoms with Gasteiger partial charge in [0.2, 0.25) is 0 Å². The molecule has 0 N–H and O–H groups in total. The first kappa shape index (κ1) is 14.2. The summed E-state index contributed by atoms with van der Waals surface area (Å²) >= 11 is 6.29. The van der Waals surface area contributed by atoms with Crippen molar-refractivity contribution in [2.75, 3.05) is 0 Å². The number of rotatable bonds is 4. The molecule has 0 aliphatic rings. The molecular weight excluding hydrogens is 280 g/mol. The minimum atomic E-state index is 0.729. The van der Waals surface area contributed by atoms with Crippen molar-refractivity contribution in [1.82, 2.24) is 9.55 Å². The summed E-state index contributed by atoms with van der Waals surface area (Å²) in [6.07, 6.45) is 1.92. The lowest BCUT2D eigenvalue weighted by atomic mass is 10.1. The predicted octanol–water partition coefficient (Wildman–Crippen LogP) is 5.00. The largest absolute Gasteiger partial charge is 0.328 e. The quantitative estimate of drug-likeness (QED) is 0.663. The van der Waals surface area contributed by atoms with Crippen molar-refractivity contribution < 1.29 is 0 Å². The van der Waals surface area contributed by atoms with E-state index in [9.17, 15) is 0 Å². The van der Waals surface area contributed by atoms with Gasteiger partial charge >= 0.3 is 0 Å². The van der Waals surface area contributed by atoms with E-state index in [1.807, 2.05) is 12.1 Å². The maximum Gasteiger partial charge on any atom is 0.114 e. The minimum Gasteiger partial charge on any atom is -0.328 e. The summed E-state index contributed by atoms with van der Waals surface area (Å²) in [6, 6.07) is 14.6. The van der Waals surface area contributed by atoms with Crippen LogP contribution in [0.25, 0.3) is 11.0 Å². The fraction of sp³-hybridized carbons (Fsp3) is 0.278. The Morgan fingerprint density at radius 3 is 2.57 bits per heavy atom. The van der Waals surface area contributed by atoms with Crippen LogP contribution >= 0.6 is 11.6 Å². The zero-order valence-electron chi connectivity index (χ0n) is 12.4. The summed E-state index contributed by atoms with van der Waals surface area (Å²) in [7, 11) is 0. The number of halogens is 1. The number of hydrogen-bond acceptors (Lipinski definition) is 1. The number of imidazole rings is 1. The van der Waals surface area contributed by atoms with Crippen LogP contribution in [-0.4, -0.2) is 9.55 Å². The lowest BCUT2D eigenvalue weighted by Gasteiger charge is -2.08. The van der Waals surface area contributed by atoms with E-state index in [0.717, 1.165) is 41.3 Å². The smallest absolute Gasteiger partial charge is 0.114 e. The third kappa shape index (κ3) is 2.81. The molecule has 21 heavy (non-hydrogen) atoms. The Morgan fingerprint density at radius 2 is 1.86 bits per heavy atom. The second-order valence-electron chi connectivity index (χ2n) is 5.45. The van der Waals surface area contributed by atoms with Gasteiger partial charge in [0.25, 0.3) is 0 Å². The van der Waals surface area contributed by atoms with E-state index in [-0.39, 0.29) is 0 Å². The average molecular weight is 299 g/mol. The normalized spacial score (nSPS) is 11.2. The molecule has 0 fully saturated rings. The van der Waals surface area contributed by atoms with Gasteiger partial charge in [-0.15, -0.1) is 0 Å². The van der Waals surface area contributed by atoms with Crippen LogP contribution in [0.3, 0.4) is 0 Å². The summed E-state index contributed by atoms with van der Waals surface area (Å²) in [5.41, 5.74) is 4.61. The maximum atomic E-state index is 6.29. The van der Waals surface area contributed by atoms with Gasteiger partial charge in [-0.25, -0.2) is 4.98 Å². The molecule has 0 saturated carbocycles. The van der Waals surface area contributed by atoms with Crippen LogP contribution in [0.15, 0.2) is 42.5 Å². The molecule has 0 unspecified atom stereocenters. The Kier molecular flexibility index (Phi) is 3.98. The van der Waals surface area contributed by atoms with Crippen LogP contribution in [0.2, 0.25) is 5.02 Å². The lowest BCUT2D eigenvalue weighted by Crippen LogP contribution is -2.04. The van der Waals surface area contributed by atoms with Crippen molar-refractivity contribution in [1.29, 1.82) is 0 Å². The van der Waals surface area contributed by atoms with E-state index in [0.29, 0.717) is 0 Å². The summed E-state index contributed by atoms with van der Waals surface area (Å²) in [5.74, 6) is 1.09. The Balaban J connectivity index is 2.06. The number of aromatic nitrogens is 2. The summed E-state index contributed by atoms with van der Waals surface area (Å²) in [4.78, 5) is 4.78. The van der Waals surface area contributed by atoms with Crippen molar-refractivity contribution in [2.24, 2.45) is 0 Å². The second kappa shape index (κ2) is 5.90. The molecule has 3 aromatic rings. The highest BCUT2D eigenvalue weighted by Crippen LogP contribution is 2.25. The third-order valence-electron chi connectivity index (χ3n) is 3.74. The first-order valence-electron chi connectivity index (χ1n) is 7.38. The highest BCUT2D eigenvalue weighted by Gasteiger charge is 2.12. The van der Waals surface area contributed by atoms with Crippen molar-refractivity contribution in [3.63, 3.8) is 0 Å². The highest BCUT2D eigenvalue weighted by molar-refractivity contribution is 6.34. The molecule has 0 aliphatic carbocycles. The van der Waals surface area contributed by atoms with Gasteiger partial charge in [0, 0.05) is 13.0 Å². The maximum absolute atomic E-state index is 6.29. The van der Waals surface area contributed by atoms with Gasteiger partial charge in [0.1, 0.15) is 11.3 Å². The van der Waals surface area contributed by atoms with Gasteiger partial charge in [0.05, 0.1) is 10.5 Å². The number of fused-ring (bicyclic) bond motifs is 1. The minimum absolute atomic E-state index is 0.729.